The summed E-state index contributed by atoms with van der Waals surface area (Å²) in [5.41, 5.74) is 2.55. The second-order valence-corrected chi connectivity index (χ2v) is 9.67. The maximum absolute atomic E-state index is 13.2. The fraction of sp³-hybridized carbons (Fsp3) is 0.174. The number of fused-ring (bicyclic) bond motifs is 1. The molecule has 2 aliphatic heterocycles. The van der Waals surface area contributed by atoms with E-state index in [2.05, 4.69) is 15.0 Å². The van der Waals surface area contributed by atoms with E-state index in [1.54, 1.807) is 18.2 Å². The van der Waals surface area contributed by atoms with Crippen molar-refractivity contribution in [2.24, 2.45) is 5.16 Å². The Morgan fingerprint density at radius 2 is 1.71 bits per heavy atom. The lowest BCUT2D eigenvalue weighted by molar-refractivity contribution is -0.140. The molecule has 3 aromatic rings. The number of sulfonamides is 1. The highest BCUT2D eigenvalue weighted by Crippen LogP contribution is 2.37. The first-order valence-corrected chi connectivity index (χ1v) is 11.6. The first-order valence-electron chi connectivity index (χ1n) is 10.2. The fourth-order valence-corrected chi connectivity index (χ4v) is 5.38. The van der Waals surface area contributed by atoms with Gasteiger partial charge in [-0.1, -0.05) is 23.4 Å². The van der Waals surface area contributed by atoms with Crippen molar-refractivity contribution in [2.75, 3.05) is 10.8 Å². The lowest BCUT2D eigenvalue weighted by atomic mass is 10.0. The van der Waals surface area contributed by atoms with E-state index in [0.29, 0.717) is 34.6 Å². The van der Waals surface area contributed by atoms with Crippen molar-refractivity contribution >= 4 is 27.4 Å². The van der Waals surface area contributed by atoms with Crippen LogP contribution in [0.25, 0.3) is 11.1 Å². The number of rotatable bonds is 4. The number of alkyl halides is 3. The number of halogens is 3. The van der Waals surface area contributed by atoms with Crippen molar-refractivity contribution in [3.05, 3.63) is 77.6 Å². The van der Waals surface area contributed by atoms with Crippen LogP contribution in [0.15, 0.2) is 70.8 Å². The lowest BCUT2D eigenvalue weighted by Gasteiger charge is -2.19. The predicted octanol–water partition coefficient (Wildman–Crippen LogP) is 4.17. The van der Waals surface area contributed by atoms with Gasteiger partial charge < -0.3 is 4.84 Å². The SMILES string of the molecule is O=C1CC(c2ccc(S(=O)(=O)N3CCc4cc(-c5ccc(C(F)(F)F)cc5)ccc43)cn2)=NO1. The summed E-state index contributed by atoms with van der Waals surface area (Å²) in [6, 6.07) is 12.9. The quantitative estimate of drug-likeness (QED) is 0.516. The molecule has 7 nitrogen and oxygen atoms in total. The van der Waals surface area contributed by atoms with E-state index in [9.17, 15) is 26.4 Å². The van der Waals surface area contributed by atoms with Crippen LogP contribution in [0.1, 0.15) is 23.2 Å². The molecule has 5 rings (SSSR count). The Bertz CT molecular complexity index is 1420. The molecule has 3 heterocycles. The minimum Gasteiger partial charge on any atom is -0.317 e. The maximum Gasteiger partial charge on any atom is 0.416 e. The molecule has 0 saturated carbocycles. The Morgan fingerprint density at radius 3 is 2.32 bits per heavy atom. The van der Waals surface area contributed by atoms with Crippen molar-refractivity contribution in [2.45, 2.75) is 23.9 Å². The molecule has 0 N–H and O–H groups in total. The van der Waals surface area contributed by atoms with E-state index in [1.807, 2.05) is 0 Å². The fourth-order valence-electron chi connectivity index (χ4n) is 3.93. The zero-order chi connectivity index (χ0) is 24.1. The average molecular weight is 487 g/mol. The van der Waals surface area contributed by atoms with Crippen molar-refractivity contribution in [3.63, 3.8) is 0 Å². The van der Waals surface area contributed by atoms with Gasteiger partial charge in [0.25, 0.3) is 10.0 Å². The van der Waals surface area contributed by atoms with Gasteiger partial charge in [0.1, 0.15) is 10.6 Å². The first-order chi connectivity index (χ1) is 16.1. The van der Waals surface area contributed by atoms with E-state index >= 15 is 0 Å². The maximum atomic E-state index is 13.2. The number of benzene rings is 2. The standard InChI is InChI=1S/C23H16F3N3O4S/c24-23(25,26)17-4-1-14(2-5-17)15-3-8-21-16(11-15)9-10-29(21)34(31,32)18-6-7-19(27-13-18)20-12-22(30)33-28-20/h1-8,11,13H,9-10,12H2. The molecular weight excluding hydrogens is 471 g/mol. The van der Waals surface area contributed by atoms with Gasteiger partial charge in [0.2, 0.25) is 0 Å². The van der Waals surface area contributed by atoms with Crippen molar-refractivity contribution in [1.29, 1.82) is 0 Å². The highest BCUT2D eigenvalue weighted by Gasteiger charge is 2.32. The summed E-state index contributed by atoms with van der Waals surface area (Å²) in [6.45, 7) is 0.227. The molecule has 0 aliphatic carbocycles. The molecule has 174 valence electrons. The van der Waals surface area contributed by atoms with Crippen molar-refractivity contribution in [1.82, 2.24) is 4.98 Å². The Hall–Kier alpha value is -3.73. The van der Waals surface area contributed by atoms with Crippen LogP contribution in [0.4, 0.5) is 18.9 Å². The van der Waals surface area contributed by atoms with Gasteiger partial charge in [0.15, 0.2) is 0 Å². The average Bonchev–Trinajstić information content (AvgIpc) is 3.45. The van der Waals surface area contributed by atoms with E-state index in [4.69, 9.17) is 0 Å². The van der Waals surface area contributed by atoms with Gasteiger partial charge in [-0.3, -0.25) is 9.29 Å². The Morgan fingerprint density at radius 1 is 0.971 bits per heavy atom. The molecule has 1 aromatic heterocycles. The van der Waals surface area contributed by atoms with E-state index in [0.717, 1.165) is 17.7 Å². The number of nitrogens with zero attached hydrogens (tertiary/aromatic N) is 3. The van der Waals surface area contributed by atoms with Crippen LogP contribution in [0.5, 0.6) is 0 Å². The number of carbonyl (C=O) groups is 1. The monoisotopic (exact) mass is 487 g/mol. The zero-order valence-corrected chi connectivity index (χ0v) is 18.2. The van der Waals surface area contributed by atoms with Crippen molar-refractivity contribution in [3.8, 4) is 11.1 Å². The molecule has 2 aliphatic rings. The van der Waals surface area contributed by atoms with Gasteiger partial charge >= 0.3 is 12.1 Å². The topological polar surface area (TPSA) is 88.9 Å². The number of carbonyl (C=O) groups excluding carboxylic acids is 1. The van der Waals surface area contributed by atoms with E-state index in [1.165, 1.54) is 34.8 Å². The number of hydrogen-bond donors (Lipinski definition) is 0. The molecule has 0 bridgehead atoms. The summed E-state index contributed by atoms with van der Waals surface area (Å²) < 4.78 is 66.2. The minimum atomic E-state index is -4.41. The number of hydrogen-bond acceptors (Lipinski definition) is 6. The highest BCUT2D eigenvalue weighted by molar-refractivity contribution is 7.92. The number of oxime groups is 1. The molecule has 0 amide bonds. The van der Waals surface area contributed by atoms with Crippen molar-refractivity contribution < 1.29 is 31.2 Å². The number of anilines is 1. The summed E-state index contributed by atoms with van der Waals surface area (Å²) in [5, 5.41) is 3.63. The first kappa shape index (κ1) is 22.1. The normalized spacial score (nSPS) is 15.8. The minimum absolute atomic E-state index is 0.0123. The van der Waals surface area contributed by atoms with Crippen LogP contribution in [0, 0.1) is 0 Å². The number of aromatic nitrogens is 1. The second kappa shape index (κ2) is 7.94. The highest BCUT2D eigenvalue weighted by atomic mass is 32.2. The second-order valence-electron chi connectivity index (χ2n) is 7.80. The zero-order valence-electron chi connectivity index (χ0n) is 17.4. The molecule has 0 spiro atoms. The van der Waals surface area contributed by atoms with E-state index in [-0.39, 0.29) is 17.9 Å². The largest absolute Gasteiger partial charge is 0.416 e. The third-order valence-electron chi connectivity index (χ3n) is 5.67. The Balaban J connectivity index is 1.39. The summed E-state index contributed by atoms with van der Waals surface area (Å²) in [6.07, 6.45) is -2.76. The van der Waals surface area contributed by atoms with Crippen LogP contribution in [-0.2, 0) is 32.3 Å². The smallest absolute Gasteiger partial charge is 0.317 e. The van der Waals surface area contributed by atoms with Crippen LogP contribution >= 0.6 is 0 Å². The summed E-state index contributed by atoms with van der Waals surface area (Å²) in [4.78, 5) is 19.8. The van der Waals surface area contributed by atoms with Crippen LogP contribution in [-0.4, -0.2) is 31.6 Å². The molecule has 11 heteroatoms. The Labute approximate surface area is 192 Å². The van der Waals surface area contributed by atoms with Gasteiger partial charge in [0.05, 0.1) is 23.4 Å². The predicted molar refractivity (Wildman–Crippen MR) is 117 cm³/mol. The van der Waals surface area contributed by atoms with Crippen LogP contribution < -0.4 is 4.31 Å². The Kier molecular flexibility index (Phi) is 5.16. The van der Waals surface area contributed by atoms with Gasteiger partial charge in [-0.2, -0.15) is 13.2 Å². The molecule has 2 aromatic carbocycles. The molecule has 34 heavy (non-hydrogen) atoms. The van der Waals surface area contributed by atoms with Gasteiger partial charge in [-0.15, -0.1) is 0 Å². The third-order valence-corrected chi connectivity index (χ3v) is 7.46. The summed E-state index contributed by atoms with van der Waals surface area (Å²) in [5.74, 6) is -0.502. The van der Waals surface area contributed by atoms with Crippen LogP contribution in [0.3, 0.4) is 0 Å². The lowest BCUT2D eigenvalue weighted by Crippen LogP contribution is -2.29. The molecule has 0 radical (unpaired) electrons. The van der Waals surface area contributed by atoms with Gasteiger partial charge in [-0.05, 0) is 59.5 Å². The summed E-state index contributed by atoms with van der Waals surface area (Å²) >= 11 is 0. The molecule has 0 saturated heterocycles. The molecule has 0 unspecified atom stereocenters. The van der Waals surface area contributed by atoms with Crippen LogP contribution in [0.2, 0.25) is 0 Å². The number of pyridine rings is 1. The molecule has 0 atom stereocenters. The third kappa shape index (κ3) is 3.92. The van der Waals surface area contributed by atoms with E-state index < -0.39 is 27.7 Å². The summed E-state index contributed by atoms with van der Waals surface area (Å²) in [7, 11) is -3.89. The molecule has 0 fully saturated rings. The van der Waals surface area contributed by atoms with Gasteiger partial charge in [0, 0.05) is 12.7 Å². The van der Waals surface area contributed by atoms with Gasteiger partial charge in [-0.25, -0.2) is 13.2 Å². The molecular formula is C23H16F3N3O4S.